The van der Waals surface area contributed by atoms with E-state index in [2.05, 4.69) is 30.5 Å². The molecule has 3 rings (SSSR count). The number of benzene rings is 1. The third kappa shape index (κ3) is 1.80. The molecule has 0 saturated carbocycles. The van der Waals surface area contributed by atoms with Crippen LogP contribution in [0, 0.1) is 5.92 Å². The van der Waals surface area contributed by atoms with E-state index in [0.29, 0.717) is 12.3 Å². The first-order valence-electron chi connectivity index (χ1n) is 6.54. The highest BCUT2D eigenvalue weighted by atomic mass is 16.1. The SMILES string of the molecule is C[C@H]1CC(=O)C2=C(C1)Nc1ccccc1N[C@H]2C. The summed E-state index contributed by atoms with van der Waals surface area (Å²) in [5.41, 5.74) is 4.17. The molecule has 0 fully saturated rings. The van der Waals surface area contributed by atoms with E-state index in [1.54, 1.807) is 0 Å². The van der Waals surface area contributed by atoms with Crippen molar-refractivity contribution in [3.8, 4) is 0 Å². The van der Waals surface area contributed by atoms with Gasteiger partial charge in [0.25, 0.3) is 0 Å². The summed E-state index contributed by atoms with van der Waals surface area (Å²) in [6, 6.07) is 8.20. The molecule has 1 heterocycles. The molecule has 1 aromatic rings. The smallest absolute Gasteiger partial charge is 0.162 e. The summed E-state index contributed by atoms with van der Waals surface area (Å²) < 4.78 is 0. The molecule has 2 N–H and O–H groups in total. The van der Waals surface area contributed by atoms with Gasteiger partial charge in [-0.15, -0.1) is 0 Å². The predicted molar refractivity (Wildman–Crippen MR) is 73.6 cm³/mol. The zero-order valence-electron chi connectivity index (χ0n) is 10.8. The Labute approximate surface area is 107 Å². The molecule has 0 bridgehead atoms. The molecule has 1 aliphatic carbocycles. The van der Waals surface area contributed by atoms with Gasteiger partial charge in [-0.2, -0.15) is 0 Å². The Morgan fingerprint density at radius 3 is 2.61 bits per heavy atom. The number of Topliss-reactive ketones (excluding diaryl/α,β-unsaturated/α-hetero) is 1. The van der Waals surface area contributed by atoms with Crippen molar-refractivity contribution < 1.29 is 4.79 Å². The molecule has 0 aromatic heterocycles. The fourth-order valence-corrected chi connectivity index (χ4v) is 2.93. The van der Waals surface area contributed by atoms with Gasteiger partial charge in [-0.1, -0.05) is 19.1 Å². The molecule has 1 aromatic carbocycles. The van der Waals surface area contributed by atoms with E-state index in [-0.39, 0.29) is 11.8 Å². The van der Waals surface area contributed by atoms with Crippen LogP contribution < -0.4 is 10.6 Å². The van der Waals surface area contributed by atoms with Gasteiger partial charge in [-0.25, -0.2) is 0 Å². The molecule has 2 atom stereocenters. The van der Waals surface area contributed by atoms with Crippen molar-refractivity contribution in [3.63, 3.8) is 0 Å². The number of nitrogens with one attached hydrogen (secondary N) is 2. The highest BCUT2D eigenvalue weighted by Crippen LogP contribution is 2.35. The van der Waals surface area contributed by atoms with E-state index >= 15 is 0 Å². The van der Waals surface area contributed by atoms with Gasteiger partial charge in [-0.3, -0.25) is 4.79 Å². The van der Waals surface area contributed by atoms with E-state index in [0.717, 1.165) is 29.1 Å². The Morgan fingerprint density at radius 2 is 1.83 bits per heavy atom. The molecule has 2 aliphatic rings. The van der Waals surface area contributed by atoms with Crippen LogP contribution in [0.3, 0.4) is 0 Å². The lowest BCUT2D eigenvalue weighted by Gasteiger charge is -2.25. The number of para-hydroxylation sites is 2. The van der Waals surface area contributed by atoms with Gasteiger partial charge in [0.15, 0.2) is 5.78 Å². The van der Waals surface area contributed by atoms with Gasteiger partial charge >= 0.3 is 0 Å². The van der Waals surface area contributed by atoms with Crippen LogP contribution in [0.5, 0.6) is 0 Å². The highest BCUT2D eigenvalue weighted by molar-refractivity contribution is 6.00. The fraction of sp³-hybridized carbons (Fsp3) is 0.400. The summed E-state index contributed by atoms with van der Waals surface area (Å²) in [6.45, 7) is 4.20. The van der Waals surface area contributed by atoms with Crippen LogP contribution in [-0.2, 0) is 4.79 Å². The molecule has 0 amide bonds. The maximum Gasteiger partial charge on any atom is 0.162 e. The largest absolute Gasteiger partial charge is 0.377 e. The fourth-order valence-electron chi connectivity index (χ4n) is 2.93. The summed E-state index contributed by atoms with van der Waals surface area (Å²) in [7, 11) is 0. The second kappa shape index (κ2) is 4.16. The molecule has 0 unspecified atom stereocenters. The minimum atomic E-state index is 0.0798. The van der Waals surface area contributed by atoms with Gasteiger partial charge in [0.05, 0.1) is 17.4 Å². The lowest BCUT2D eigenvalue weighted by molar-refractivity contribution is -0.117. The monoisotopic (exact) mass is 242 g/mol. The van der Waals surface area contributed by atoms with Gasteiger partial charge < -0.3 is 10.6 Å². The molecule has 1 aliphatic heterocycles. The van der Waals surface area contributed by atoms with E-state index in [1.807, 2.05) is 18.2 Å². The first-order chi connectivity index (χ1) is 8.65. The predicted octanol–water partition coefficient (Wildman–Crippen LogP) is 3.17. The maximum absolute atomic E-state index is 12.2. The lowest BCUT2D eigenvalue weighted by Crippen LogP contribution is -2.29. The summed E-state index contributed by atoms with van der Waals surface area (Å²) in [4.78, 5) is 12.2. The minimum absolute atomic E-state index is 0.0798. The standard InChI is InChI=1S/C15H18N2O/c1-9-7-13-15(14(18)8-9)10(2)16-11-5-3-4-6-12(11)17-13/h3-6,9-10,16-17H,7-8H2,1-2H3/t9-,10+/m1/s1. The average Bonchev–Trinajstić information content (AvgIpc) is 2.43. The summed E-state index contributed by atoms with van der Waals surface area (Å²) in [6.07, 6.45) is 1.63. The molecule has 0 saturated heterocycles. The van der Waals surface area contributed by atoms with Gasteiger partial charge in [0.2, 0.25) is 0 Å². The number of carbonyl (C=O) groups excluding carboxylic acids is 1. The molecular weight excluding hydrogens is 224 g/mol. The van der Waals surface area contributed by atoms with Gasteiger partial charge in [-0.05, 0) is 31.4 Å². The number of anilines is 2. The number of fused-ring (bicyclic) bond motifs is 1. The third-order valence-corrected chi connectivity index (χ3v) is 3.73. The number of hydrogen-bond donors (Lipinski definition) is 2. The van der Waals surface area contributed by atoms with Gasteiger partial charge in [0.1, 0.15) is 0 Å². The first kappa shape index (κ1) is 11.3. The summed E-state index contributed by atoms with van der Waals surface area (Å²) in [5.74, 6) is 0.713. The summed E-state index contributed by atoms with van der Waals surface area (Å²) >= 11 is 0. The number of ketones is 1. The van der Waals surface area contributed by atoms with Crippen LogP contribution in [0.15, 0.2) is 35.5 Å². The maximum atomic E-state index is 12.2. The van der Waals surface area contributed by atoms with Crippen molar-refractivity contribution >= 4 is 17.2 Å². The number of rotatable bonds is 0. The van der Waals surface area contributed by atoms with Crippen molar-refractivity contribution in [1.82, 2.24) is 0 Å². The van der Waals surface area contributed by atoms with Crippen LogP contribution in [0.25, 0.3) is 0 Å². The van der Waals surface area contributed by atoms with Crippen molar-refractivity contribution in [2.75, 3.05) is 10.6 Å². The van der Waals surface area contributed by atoms with E-state index in [1.165, 1.54) is 0 Å². The Hall–Kier alpha value is -1.77. The number of allylic oxidation sites excluding steroid dienone is 1. The van der Waals surface area contributed by atoms with Crippen LogP contribution in [0.1, 0.15) is 26.7 Å². The Kier molecular flexibility index (Phi) is 2.62. The average molecular weight is 242 g/mol. The molecule has 3 nitrogen and oxygen atoms in total. The highest BCUT2D eigenvalue weighted by Gasteiger charge is 2.31. The number of carbonyl (C=O) groups is 1. The quantitative estimate of drug-likeness (QED) is 0.734. The van der Waals surface area contributed by atoms with Crippen molar-refractivity contribution in [3.05, 3.63) is 35.5 Å². The van der Waals surface area contributed by atoms with Crippen molar-refractivity contribution in [2.24, 2.45) is 5.92 Å². The van der Waals surface area contributed by atoms with Crippen LogP contribution in [0.2, 0.25) is 0 Å². The van der Waals surface area contributed by atoms with Crippen LogP contribution in [-0.4, -0.2) is 11.8 Å². The van der Waals surface area contributed by atoms with E-state index in [4.69, 9.17) is 0 Å². The normalized spacial score (nSPS) is 26.7. The van der Waals surface area contributed by atoms with Gasteiger partial charge in [0, 0.05) is 17.7 Å². The first-order valence-corrected chi connectivity index (χ1v) is 6.54. The number of hydrogen-bond acceptors (Lipinski definition) is 3. The molecule has 3 heteroatoms. The Morgan fingerprint density at radius 1 is 1.11 bits per heavy atom. The van der Waals surface area contributed by atoms with Crippen LogP contribution in [0.4, 0.5) is 11.4 Å². The lowest BCUT2D eigenvalue weighted by atomic mass is 9.84. The summed E-state index contributed by atoms with van der Waals surface area (Å²) in [5, 5.41) is 6.87. The molecule has 94 valence electrons. The van der Waals surface area contributed by atoms with E-state index in [9.17, 15) is 4.79 Å². The molecule has 0 spiro atoms. The minimum Gasteiger partial charge on any atom is -0.377 e. The topological polar surface area (TPSA) is 41.1 Å². The molecular formula is C15H18N2O. The van der Waals surface area contributed by atoms with Crippen LogP contribution >= 0.6 is 0 Å². The Balaban J connectivity index is 2.06. The second-order valence-corrected chi connectivity index (χ2v) is 5.37. The Bertz CT molecular complexity index is 533. The van der Waals surface area contributed by atoms with E-state index < -0.39 is 0 Å². The third-order valence-electron chi connectivity index (χ3n) is 3.73. The van der Waals surface area contributed by atoms with Crippen molar-refractivity contribution in [1.29, 1.82) is 0 Å². The zero-order chi connectivity index (χ0) is 12.7. The molecule has 18 heavy (non-hydrogen) atoms. The van der Waals surface area contributed by atoms with Crippen molar-refractivity contribution in [2.45, 2.75) is 32.7 Å². The molecule has 0 radical (unpaired) electrons. The second-order valence-electron chi connectivity index (χ2n) is 5.37. The zero-order valence-corrected chi connectivity index (χ0v) is 10.8.